The first-order valence-corrected chi connectivity index (χ1v) is 8.85. The zero-order valence-corrected chi connectivity index (χ0v) is 16.6. The van der Waals surface area contributed by atoms with Gasteiger partial charge in [0.2, 0.25) is 0 Å². The van der Waals surface area contributed by atoms with Gasteiger partial charge in [-0.1, -0.05) is 11.8 Å². The van der Waals surface area contributed by atoms with Crippen LogP contribution in [-0.2, 0) is 16.0 Å². The van der Waals surface area contributed by atoms with Crippen molar-refractivity contribution in [3.05, 3.63) is 40.7 Å². The highest BCUT2D eigenvalue weighted by Crippen LogP contribution is 2.42. The molecule has 8 nitrogen and oxygen atoms in total. The zero-order valence-electron chi connectivity index (χ0n) is 15.8. The van der Waals surface area contributed by atoms with Crippen LogP contribution in [-0.4, -0.2) is 39.5 Å². The number of anilines is 2. The number of carbonyl (C=O) groups is 2. The molecule has 6 N–H and O–H groups in total. The topological polar surface area (TPSA) is 163 Å². The Morgan fingerprint density at radius 1 is 1.06 bits per heavy atom. The van der Waals surface area contributed by atoms with Crippen LogP contribution in [0.4, 0.5) is 42.2 Å². The molecule has 16 heteroatoms. The minimum Gasteiger partial charge on any atom is -0.475 e. The lowest BCUT2D eigenvalue weighted by Crippen LogP contribution is -2.21. The van der Waals surface area contributed by atoms with Crippen LogP contribution in [0.2, 0.25) is 0 Å². The molecule has 0 spiro atoms. The molecule has 1 aromatic heterocycles. The second-order valence-corrected chi connectivity index (χ2v) is 6.85. The van der Waals surface area contributed by atoms with Gasteiger partial charge in [-0.3, -0.25) is 0 Å². The third kappa shape index (κ3) is 7.42. The van der Waals surface area contributed by atoms with Crippen LogP contribution < -0.4 is 11.5 Å². The summed E-state index contributed by atoms with van der Waals surface area (Å²) in [6.45, 7) is 0. The average Bonchev–Trinajstić information content (AvgIpc) is 2.67. The number of benzene rings is 1. The molecule has 1 aromatic carbocycles. The fraction of sp³-hybridized carbons (Fsp3) is 0.176. The molecule has 0 aliphatic carbocycles. The lowest BCUT2D eigenvalue weighted by molar-refractivity contribution is -0.193. The van der Waals surface area contributed by atoms with Gasteiger partial charge in [0.25, 0.3) is 0 Å². The van der Waals surface area contributed by atoms with Gasteiger partial charge < -0.3 is 21.7 Å². The minimum absolute atomic E-state index is 0.136. The number of rotatable bonds is 0. The number of alkyl halides is 6. The number of fused-ring (bicyclic) bond motifs is 2. The summed E-state index contributed by atoms with van der Waals surface area (Å²) in [5.41, 5.74) is 13.8. The van der Waals surface area contributed by atoms with Crippen molar-refractivity contribution in [3.8, 4) is 6.07 Å². The molecular formula is C17H11F7N4O4S. The van der Waals surface area contributed by atoms with Crippen molar-refractivity contribution < 1.29 is 50.5 Å². The van der Waals surface area contributed by atoms with Crippen molar-refractivity contribution in [3.63, 3.8) is 0 Å². The Hall–Kier alpha value is -3.74. The molecule has 33 heavy (non-hydrogen) atoms. The highest BCUT2D eigenvalue weighted by atomic mass is 32.2. The largest absolute Gasteiger partial charge is 0.490 e. The van der Waals surface area contributed by atoms with Crippen molar-refractivity contribution in [1.29, 1.82) is 5.26 Å². The molecule has 0 bridgehead atoms. The average molecular weight is 500 g/mol. The van der Waals surface area contributed by atoms with Crippen molar-refractivity contribution >= 4 is 35.2 Å². The zero-order chi connectivity index (χ0) is 25.7. The molecule has 2 heterocycles. The summed E-state index contributed by atoms with van der Waals surface area (Å²) >= 11 is 1.39. The van der Waals surface area contributed by atoms with Crippen molar-refractivity contribution in [2.75, 3.05) is 11.5 Å². The molecule has 0 fully saturated rings. The molecule has 2 aromatic rings. The highest BCUT2D eigenvalue weighted by molar-refractivity contribution is 7.99. The Balaban J connectivity index is 0.000000324. The number of nitrogens with two attached hydrogens (primary N) is 2. The number of pyridine rings is 1. The number of carboxylic acid groups (broad SMARTS) is 2. The van der Waals surface area contributed by atoms with E-state index >= 15 is 0 Å². The lowest BCUT2D eigenvalue weighted by Gasteiger charge is -2.20. The number of hydrogen-bond acceptors (Lipinski definition) is 7. The van der Waals surface area contributed by atoms with Gasteiger partial charge in [-0.2, -0.15) is 31.6 Å². The normalized spacial score (nSPS) is 11.9. The van der Waals surface area contributed by atoms with Gasteiger partial charge in [-0.05, 0) is 23.8 Å². The van der Waals surface area contributed by atoms with E-state index in [4.69, 9.17) is 36.5 Å². The third-order valence-corrected chi connectivity index (χ3v) is 4.67. The van der Waals surface area contributed by atoms with Crippen LogP contribution >= 0.6 is 11.8 Å². The van der Waals surface area contributed by atoms with Gasteiger partial charge in [0.15, 0.2) is 0 Å². The van der Waals surface area contributed by atoms with Gasteiger partial charge in [-0.15, -0.1) is 0 Å². The molecule has 0 amide bonds. The van der Waals surface area contributed by atoms with E-state index in [0.29, 0.717) is 17.1 Å². The number of halogens is 7. The number of hydrogen-bond donors (Lipinski definition) is 4. The van der Waals surface area contributed by atoms with E-state index < -0.39 is 24.3 Å². The van der Waals surface area contributed by atoms with Crippen LogP contribution in [0.5, 0.6) is 0 Å². The number of aromatic nitrogens is 1. The summed E-state index contributed by atoms with van der Waals surface area (Å²) in [6.07, 6.45) is -9.71. The summed E-state index contributed by atoms with van der Waals surface area (Å²) in [5, 5.41) is 24.0. The number of nitrogens with zero attached hydrogens (tertiary/aromatic N) is 2. The number of nitriles is 1. The van der Waals surface area contributed by atoms with E-state index in [2.05, 4.69) is 4.98 Å². The highest BCUT2D eigenvalue weighted by Gasteiger charge is 2.38. The molecule has 0 saturated heterocycles. The SMILES string of the molecule is N#Cc1c(N)nc2c(c1N)Cc1cc(F)ccc1S2.O=C(O)C(F)(F)F.O=C(O)C(F)(F)F. The fourth-order valence-electron chi connectivity index (χ4n) is 2.09. The van der Waals surface area contributed by atoms with Crippen LogP contribution in [0.15, 0.2) is 28.1 Å². The minimum atomic E-state index is -5.08. The molecule has 0 saturated carbocycles. The molecule has 178 valence electrons. The van der Waals surface area contributed by atoms with Gasteiger partial charge in [0, 0.05) is 16.9 Å². The monoisotopic (exact) mass is 500 g/mol. The predicted molar refractivity (Wildman–Crippen MR) is 98.5 cm³/mol. The van der Waals surface area contributed by atoms with E-state index in [1.807, 2.05) is 6.07 Å². The van der Waals surface area contributed by atoms with Gasteiger partial charge >= 0.3 is 24.3 Å². The van der Waals surface area contributed by atoms with E-state index in [9.17, 15) is 30.7 Å². The van der Waals surface area contributed by atoms with Crippen molar-refractivity contribution in [1.82, 2.24) is 4.98 Å². The van der Waals surface area contributed by atoms with Crippen LogP contribution in [0.25, 0.3) is 0 Å². The van der Waals surface area contributed by atoms with E-state index in [1.165, 1.54) is 23.9 Å². The first-order valence-electron chi connectivity index (χ1n) is 8.03. The van der Waals surface area contributed by atoms with Gasteiger partial charge in [0.05, 0.1) is 5.69 Å². The second kappa shape index (κ2) is 10.3. The Bertz CT molecular complexity index is 1090. The van der Waals surface area contributed by atoms with Crippen LogP contribution in [0.3, 0.4) is 0 Å². The maximum Gasteiger partial charge on any atom is 0.490 e. The van der Waals surface area contributed by atoms with Gasteiger partial charge in [0.1, 0.15) is 28.3 Å². The van der Waals surface area contributed by atoms with E-state index in [-0.39, 0.29) is 17.2 Å². The first kappa shape index (κ1) is 27.3. The smallest absolute Gasteiger partial charge is 0.475 e. The Morgan fingerprint density at radius 3 is 1.97 bits per heavy atom. The summed E-state index contributed by atoms with van der Waals surface area (Å²) < 4.78 is 76.7. The quantitative estimate of drug-likeness (QED) is 0.338. The molecule has 1 aliphatic rings. The van der Waals surface area contributed by atoms with E-state index in [1.54, 1.807) is 6.07 Å². The molecule has 3 rings (SSSR count). The van der Waals surface area contributed by atoms with E-state index in [0.717, 1.165) is 16.0 Å². The van der Waals surface area contributed by atoms with Crippen LogP contribution in [0.1, 0.15) is 16.7 Å². The lowest BCUT2D eigenvalue weighted by atomic mass is 10.0. The second-order valence-electron chi connectivity index (χ2n) is 5.82. The third-order valence-electron chi connectivity index (χ3n) is 3.52. The van der Waals surface area contributed by atoms with Gasteiger partial charge in [-0.25, -0.2) is 19.0 Å². The summed E-state index contributed by atoms with van der Waals surface area (Å²) in [6, 6.07) is 6.56. The summed E-state index contributed by atoms with van der Waals surface area (Å²) in [4.78, 5) is 22.9. The molecule has 0 unspecified atom stereocenters. The molecular weight excluding hydrogens is 489 g/mol. The first-order chi connectivity index (χ1) is 15.0. The summed E-state index contributed by atoms with van der Waals surface area (Å²) in [5.74, 6) is -5.66. The Morgan fingerprint density at radius 2 is 1.55 bits per heavy atom. The van der Waals surface area contributed by atoms with Crippen molar-refractivity contribution in [2.45, 2.75) is 28.7 Å². The number of nitrogen functional groups attached to an aromatic ring is 2. The maximum absolute atomic E-state index is 13.3. The van der Waals surface area contributed by atoms with Crippen LogP contribution in [0, 0.1) is 17.1 Å². The standard InChI is InChI=1S/C13H9FN4S.2C2HF3O2/c14-7-1-2-10-6(3-7)4-8-11(16)9(5-15)12(17)18-13(8)19-10;2*3-2(4,5)1(6)7/h1-3H,4H2,(H4,16,17,18);2*(H,6,7). The Labute approximate surface area is 183 Å². The fourth-order valence-corrected chi connectivity index (χ4v) is 3.15. The number of aliphatic carboxylic acids is 2. The Kier molecular flexibility index (Phi) is 8.48. The molecule has 0 radical (unpaired) electrons. The maximum atomic E-state index is 13.3. The predicted octanol–water partition coefficient (Wildman–Crippen LogP) is 3.58. The summed E-state index contributed by atoms with van der Waals surface area (Å²) in [7, 11) is 0. The number of carboxylic acids is 2. The molecule has 0 atom stereocenters. The molecule has 1 aliphatic heterocycles. The van der Waals surface area contributed by atoms with Crippen molar-refractivity contribution in [2.24, 2.45) is 0 Å².